The van der Waals surface area contributed by atoms with Crippen molar-refractivity contribution in [2.75, 3.05) is 13.2 Å². The third-order valence-electron chi connectivity index (χ3n) is 6.48. The molecule has 0 aromatic heterocycles. The number of hydrogen-bond acceptors (Lipinski definition) is 6. The molecule has 7 nitrogen and oxygen atoms in total. The molecule has 176 valence electrons. The smallest absolute Gasteiger partial charge is 0.329 e. The number of hydrogen-bond donors (Lipinski definition) is 1. The molecule has 0 heterocycles. The number of rotatable bonds is 13. The number of esters is 2. The van der Waals surface area contributed by atoms with Crippen LogP contribution in [0, 0.1) is 23.7 Å². The summed E-state index contributed by atoms with van der Waals surface area (Å²) in [7, 11) is 0. The summed E-state index contributed by atoms with van der Waals surface area (Å²) in [5.41, 5.74) is 0. The summed E-state index contributed by atoms with van der Waals surface area (Å²) in [6.07, 6.45) is 11.5. The van der Waals surface area contributed by atoms with E-state index in [1.807, 2.05) is 6.08 Å². The molecule has 0 saturated heterocycles. The van der Waals surface area contributed by atoms with Crippen molar-refractivity contribution >= 4 is 17.9 Å². The number of aliphatic carboxylic acids is 1. The number of carboxylic acids is 1. The third-order valence-corrected chi connectivity index (χ3v) is 6.48. The van der Waals surface area contributed by atoms with E-state index in [0.717, 1.165) is 51.4 Å². The van der Waals surface area contributed by atoms with Crippen molar-refractivity contribution in [1.29, 1.82) is 0 Å². The maximum absolute atomic E-state index is 11.6. The molecule has 0 aromatic carbocycles. The van der Waals surface area contributed by atoms with Crippen LogP contribution in [0.4, 0.5) is 0 Å². The Kier molecular flexibility index (Phi) is 10.5. The van der Waals surface area contributed by atoms with Crippen LogP contribution in [0.3, 0.4) is 0 Å². The molecule has 7 heteroatoms. The number of unbranched alkanes of at least 4 members (excludes halogenated alkanes) is 2. The molecule has 6 atom stereocenters. The topological polar surface area (TPSA) is 99.1 Å². The normalized spacial score (nSPS) is 28.4. The lowest BCUT2D eigenvalue weighted by Gasteiger charge is -2.23. The van der Waals surface area contributed by atoms with Crippen LogP contribution in [0.25, 0.3) is 0 Å². The predicted octanol–water partition coefficient (Wildman–Crippen LogP) is 4.14. The minimum absolute atomic E-state index is 0.114. The fourth-order valence-corrected chi connectivity index (χ4v) is 5.26. The summed E-state index contributed by atoms with van der Waals surface area (Å²) in [6.45, 7) is 5.22. The van der Waals surface area contributed by atoms with Crippen LogP contribution in [0.15, 0.2) is 12.2 Å². The number of carboxylic acid groups (broad SMARTS) is 1. The van der Waals surface area contributed by atoms with E-state index < -0.39 is 5.97 Å². The second-order valence-electron chi connectivity index (χ2n) is 8.99. The summed E-state index contributed by atoms with van der Waals surface area (Å²) >= 11 is 0. The maximum Gasteiger partial charge on any atom is 0.329 e. The first kappa shape index (κ1) is 25.4. The van der Waals surface area contributed by atoms with Gasteiger partial charge in [0.1, 0.15) is 18.8 Å². The summed E-state index contributed by atoms with van der Waals surface area (Å²) in [6, 6.07) is 0. The standard InChI is InChI=1S/C24H38O7/c1-4-5-6-7-20(30-16(2)25)8-9-21-22-13-18(10-11-29-15-24(27)28)12-19(22)14-23(21)31-17(3)26/h8-9,18-23H,4-7,10-15H2,1-3H3,(H,27,28)/t18?,19-,20?,21+,22+,23+/m0/s1. The lowest BCUT2D eigenvalue weighted by molar-refractivity contribution is -0.148. The molecule has 31 heavy (non-hydrogen) atoms. The van der Waals surface area contributed by atoms with E-state index in [0.29, 0.717) is 24.4 Å². The van der Waals surface area contributed by atoms with E-state index in [1.165, 1.54) is 13.8 Å². The van der Waals surface area contributed by atoms with E-state index in [-0.39, 0.29) is 36.7 Å². The first-order valence-electron chi connectivity index (χ1n) is 11.6. The largest absolute Gasteiger partial charge is 0.480 e. The highest BCUT2D eigenvalue weighted by atomic mass is 16.5. The van der Waals surface area contributed by atoms with Gasteiger partial charge in [0.2, 0.25) is 0 Å². The minimum Gasteiger partial charge on any atom is -0.480 e. The van der Waals surface area contributed by atoms with Gasteiger partial charge in [0, 0.05) is 26.4 Å². The van der Waals surface area contributed by atoms with Crippen LogP contribution < -0.4 is 0 Å². The summed E-state index contributed by atoms with van der Waals surface area (Å²) in [4.78, 5) is 33.7. The Morgan fingerprint density at radius 1 is 1.10 bits per heavy atom. The highest BCUT2D eigenvalue weighted by molar-refractivity contribution is 5.68. The molecule has 1 N–H and O–H groups in total. The molecule has 0 bridgehead atoms. The molecule has 2 aliphatic carbocycles. The van der Waals surface area contributed by atoms with Gasteiger partial charge in [-0.2, -0.15) is 0 Å². The quantitative estimate of drug-likeness (QED) is 0.262. The summed E-state index contributed by atoms with van der Waals surface area (Å²) in [5.74, 6) is 0.0130. The van der Waals surface area contributed by atoms with Crippen molar-refractivity contribution < 1.29 is 33.7 Å². The summed E-state index contributed by atoms with van der Waals surface area (Å²) in [5, 5.41) is 8.69. The molecular formula is C24H38O7. The molecule has 0 amide bonds. The van der Waals surface area contributed by atoms with Crippen molar-refractivity contribution in [3.8, 4) is 0 Å². The van der Waals surface area contributed by atoms with Crippen molar-refractivity contribution in [3.63, 3.8) is 0 Å². The molecule has 2 rings (SSSR count). The second-order valence-corrected chi connectivity index (χ2v) is 8.99. The van der Waals surface area contributed by atoms with Crippen LogP contribution in [0.1, 0.15) is 72.1 Å². The molecule has 0 aromatic rings. The van der Waals surface area contributed by atoms with Gasteiger partial charge in [-0.1, -0.05) is 25.8 Å². The van der Waals surface area contributed by atoms with Crippen LogP contribution in [-0.2, 0) is 28.6 Å². The zero-order chi connectivity index (χ0) is 22.8. The van der Waals surface area contributed by atoms with Crippen molar-refractivity contribution in [3.05, 3.63) is 12.2 Å². The lowest BCUT2D eigenvalue weighted by Crippen LogP contribution is -2.24. The van der Waals surface area contributed by atoms with Crippen LogP contribution >= 0.6 is 0 Å². The van der Waals surface area contributed by atoms with Gasteiger partial charge in [0.25, 0.3) is 0 Å². The van der Waals surface area contributed by atoms with Crippen molar-refractivity contribution in [2.45, 2.75) is 84.3 Å². The number of fused-ring (bicyclic) bond motifs is 1. The first-order valence-corrected chi connectivity index (χ1v) is 11.6. The molecule has 2 unspecified atom stereocenters. The van der Waals surface area contributed by atoms with Gasteiger partial charge in [0.15, 0.2) is 0 Å². The zero-order valence-corrected chi connectivity index (χ0v) is 19.1. The fourth-order valence-electron chi connectivity index (χ4n) is 5.26. The van der Waals surface area contributed by atoms with Gasteiger partial charge in [-0.15, -0.1) is 0 Å². The lowest BCUT2D eigenvalue weighted by atomic mass is 9.89. The monoisotopic (exact) mass is 438 g/mol. The average molecular weight is 439 g/mol. The number of ether oxygens (including phenoxy) is 3. The van der Waals surface area contributed by atoms with Gasteiger partial charge in [-0.25, -0.2) is 4.79 Å². The number of carbonyl (C=O) groups is 3. The van der Waals surface area contributed by atoms with Crippen LogP contribution in [-0.4, -0.2) is 48.4 Å². The van der Waals surface area contributed by atoms with Gasteiger partial charge < -0.3 is 19.3 Å². The van der Waals surface area contributed by atoms with E-state index in [2.05, 4.69) is 13.0 Å². The van der Waals surface area contributed by atoms with E-state index in [4.69, 9.17) is 19.3 Å². The number of carbonyl (C=O) groups excluding carboxylic acids is 2. The molecule has 0 radical (unpaired) electrons. The Morgan fingerprint density at radius 3 is 2.52 bits per heavy atom. The Hall–Kier alpha value is -1.89. The molecule has 2 saturated carbocycles. The Morgan fingerprint density at radius 2 is 1.87 bits per heavy atom. The first-order chi connectivity index (χ1) is 14.8. The Labute approximate surface area is 185 Å². The molecule has 0 aliphatic heterocycles. The zero-order valence-electron chi connectivity index (χ0n) is 19.1. The second kappa shape index (κ2) is 12.8. The van der Waals surface area contributed by atoms with Crippen molar-refractivity contribution in [1.82, 2.24) is 0 Å². The van der Waals surface area contributed by atoms with E-state index in [9.17, 15) is 14.4 Å². The highest BCUT2D eigenvalue weighted by Gasteiger charge is 2.48. The fraction of sp³-hybridized carbons (Fsp3) is 0.792. The van der Waals surface area contributed by atoms with Gasteiger partial charge in [-0.05, 0) is 62.4 Å². The maximum atomic E-state index is 11.6. The van der Waals surface area contributed by atoms with Crippen molar-refractivity contribution in [2.24, 2.45) is 23.7 Å². The molecule has 0 spiro atoms. The Balaban J connectivity index is 2.00. The SMILES string of the molecule is CCCCCC(C=C[C@@H]1[C@@H]2CC(CCOCC(=O)O)C[C@H]2C[C@H]1OC(C)=O)OC(C)=O. The molecular weight excluding hydrogens is 400 g/mol. The van der Waals surface area contributed by atoms with Gasteiger partial charge >= 0.3 is 17.9 Å². The third kappa shape index (κ3) is 8.63. The van der Waals surface area contributed by atoms with Gasteiger partial charge in [-0.3, -0.25) is 9.59 Å². The predicted molar refractivity (Wildman–Crippen MR) is 115 cm³/mol. The average Bonchev–Trinajstić information content (AvgIpc) is 3.19. The summed E-state index contributed by atoms with van der Waals surface area (Å²) < 4.78 is 16.3. The van der Waals surface area contributed by atoms with Gasteiger partial charge in [0.05, 0.1) is 0 Å². The van der Waals surface area contributed by atoms with E-state index in [1.54, 1.807) is 0 Å². The van der Waals surface area contributed by atoms with E-state index >= 15 is 0 Å². The Bertz CT molecular complexity index is 629. The molecule has 2 fully saturated rings. The van der Waals surface area contributed by atoms with Crippen LogP contribution in [0.2, 0.25) is 0 Å². The molecule has 2 aliphatic rings. The minimum atomic E-state index is -0.945. The highest BCUT2D eigenvalue weighted by Crippen LogP contribution is 2.52. The van der Waals surface area contributed by atoms with Crippen LogP contribution in [0.5, 0.6) is 0 Å².